The first-order chi connectivity index (χ1) is 9.79. The minimum absolute atomic E-state index is 0.101. The van der Waals surface area contributed by atoms with Crippen LogP contribution in [-0.4, -0.2) is 30.7 Å². The van der Waals surface area contributed by atoms with Crippen molar-refractivity contribution in [1.82, 2.24) is 20.2 Å². The maximum Gasteiger partial charge on any atom is 0.260 e. The number of hydrogen-bond acceptors (Lipinski definition) is 4. The van der Waals surface area contributed by atoms with Crippen LogP contribution in [-0.2, 0) is 16.6 Å². The summed E-state index contributed by atoms with van der Waals surface area (Å²) in [5.41, 5.74) is 1.55. The third-order valence-corrected chi connectivity index (χ3v) is 5.18. The van der Waals surface area contributed by atoms with Crippen LogP contribution in [0.25, 0.3) is 0 Å². The van der Waals surface area contributed by atoms with Crippen LogP contribution in [0, 0.1) is 12.8 Å². The average Bonchev–Trinajstić information content (AvgIpc) is 3.08. The Bertz CT molecular complexity index is 576. The van der Waals surface area contributed by atoms with Crippen molar-refractivity contribution in [2.45, 2.75) is 70.6 Å². The van der Waals surface area contributed by atoms with Crippen LogP contribution in [0.15, 0.2) is 5.03 Å². The van der Waals surface area contributed by atoms with Crippen LogP contribution in [0.2, 0.25) is 0 Å². The van der Waals surface area contributed by atoms with E-state index in [2.05, 4.69) is 34.1 Å². The highest BCUT2D eigenvalue weighted by atomic mass is 32.2. The first kappa shape index (κ1) is 16.5. The van der Waals surface area contributed by atoms with Gasteiger partial charge in [0.05, 0.1) is 0 Å². The number of nitrogens with zero attached hydrogens (tertiary/aromatic N) is 1. The summed E-state index contributed by atoms with van der Waals surface area (Å²) in [5, 5.41) is 10.3. The molecule has 1 fully saturated rings. The zero-order valence-corrected chi connectivity index (χ0v) is 14.0. The number of nitrogens with one attached hydrogen (secondary N) is 3. The number of aromatic amines is 1. The Hall–Kier alpha value is -0.920. The average molecular weight is 314 g/mol. The molecule has 120 valence electrons. The van der Waals surface area contributed by atoms with Gasteiger partial charge in [0.25, 0.3) is 10.0 Å². The summed E-state index contributed by atoms with van der Waals surface area (Å²) in [6.45, 7) is 8.44. The van der Waals surface area contributed by atoms with Gasteiger partial charge in [-0.05, 0) is 39.0 Å². The van der Waals surface area contributed by atoms with Crippen molar-refractivity contribution in [3.05, 3.63) is 11.3 Å². The van der Waals surface area contributed by atoms with Gasteiger partial charge >= 0.3 is 0 Å². The van der Waals surface area contributed by atoms with Crippen molar-refractivity contribution < 1.29 is 8.42 Å². The number of rotatable bonds is 8. The van der Waals surface area contributed by atoms with Crippen molar-refractivity contribution in [3.63, 3.8) is 0 Å². The lowest BCUT2D eigenvalue weighted by atomic mass is 10.1. The standard InChI is InChI=1S/C14H26N4O2S/c1-9(2)7-10(3)18-21(19,20)14-13(11(4)16-17-14)8-15-12-5-6-12/h9-10,12,15,18H,5-8H2,1-4H3,(H,16,17). The van der Waals surface area contributed by atoms with Gasteiger partial charge in [-0.1, -0.05) is 13.8 Å². The fourth-order valence-corrected chi connectivity index (χ4v) is 3.92. The Labute approximate surface area is 127 Å². The second-order valence-corrected chi connectivity index (χ2v) is 8.07. The van der Waals surface area contributed by atoms with E-state index < -0.39 is 10.0 Å². The van der Waals surface area contributed by atoms with Gasteiger partial charge in [-0.15, -0.1) is 0 Å². The van der Waals surface area contributed by atoms with Crippen LogP contribution in [0.3, 0.4) is 0 Å². The van der Waals surface area contributed by atoms with E-state index >= 15 is 0 Å². The highest BCUT2D eigenvalue weighted by Gasteiger charge is 2.27. The lowest BCUT2D eigenvalue weighted by Crippen LogP contribution is -2.34. The summed E-state index contributed by atoms with van der Waals surface area (Å²) in [5.74, 6) is 0.444. The zero-order valence-electron chi connectivity index (χ0n) is 13.2. The quantitative estimate of drug-likeness (QED) is 0.681. The molecule has 6 nitrogen and oxygen atoms in total. The van der Waals surface area contributed by atoms with E-state index in [1.165, 1.54) is 12.8 Å². The molecular formula is C14H26N4O2S. The fourth-order valence-electron chi connectivity index (χ4n) is 2.47. The minimum atomic E-state index is -3.57. The molecule has 0 saturated heterocycles. The summed E-state index contributed by atoms with van der Waals surface area (Å²) in [4.78, 5) is 0. The Morgan fingerprint density at radius 2 is 2.00 bits per heavy atom. The highest BCUT2D eigenvalue weighted by Crippen LogP contribution is 2.22. The summed E-state index contributed by atoms with van der Waals surface area (Å²) in [6, 6.07) is 0.430. The van der Waals surface area contributed by atoms with Crippen LogP contribution in [0.1, 0.15) is 51.3 Å². The highest BCUT2D eigenvalue weighted by molar-refractivity contribution is 7.89. The molecule has 3 N–H and O–H groups in total. The number of aryl methyl sites for hydroxylation is 1. The third-order valence-electron chi connectivity index (χ3n) is 3.62. The SMILES string of the molecule is Cc1[nH]nc(S(=O)(=O)NC(C)CC(C)C)c1CNC1CC1. The van der Waals surface area contributed by atoms with Crippen molar-refractivity contribution in [2.24, 2.45) is 5.92 Å². The van der Waals surface area contributed by atoms with E-state index in [4.69, 9.17) is 0 Å². The van der Waals surface area contributed by atoms with E-state index in [1.807, 2.05) is 13.8 Å². The Morgan fingerprint density at radius 3 is 2.57 bits per heavy atom. The summed E-state index contributed by atoms with van der Waals surface area (Å²) in [7, 11) is -3.57. The van der Waals surface area contributed by atoms with E-state index in [9.17, 15) is 8.42 Å². The van der Waals surface area contributed by atoms with Crippen molar-refractivity contribution in [1.29, 1.82) is 0 Å². The van der Waals surface area contributed by atoms with Crippen LogP contribution in [0.4, 0.5) is 0 Å². The summed E-state index contributed by atoms with van der Waals surface area (Å²) in [6.07, 6.45) is 3.14. The predicted molar refractivity (Wildman–Crippen MR) is 82.4 cm³/mol. The molecule has 7 heteroatoms. The molecule has 1 atom stereocenters. The lowest BCUT2D eigenvalue weighted by molar-refractivity contribution is 0.481. The Kier molecular flexibility index (Phi) is 5.06. The molecule has 1 aromatic rings. The summed E-state index contributed by atoms with van der Waals surface area (Å²) >= 11 is 0. The number of hydrogen-bond donors (Lipinski definition) is 3. The van der Waals surface area contributed by atoms with Gasteiger partial charge in [-0.3, -0.25) is 5.10 Å². The second kappa shape index (κ2) is 6.46. The molecule has 0 aliphatic heterocycles. The molecule has 2 rings (SSSR count). The molecule has 1 unspecified atom stereocenters. The van der Waals surface area contributed by atoms with E-state index in [0.717, 1.165) is 17.7 Å². The minimum Gasteiger partial charge on any atom is -0.310 e. The molecule has 0 aromatic carbocycles. The smallest absolute Gasteiger partial charge is 0.260 e. The molecule has 1 aromatic heterocycles. The molecule has 0 amide bonds. The fraction of sp³-hybridized carbons (Fsp3) is 0.786. The number of sulfonamides is 1. The molecule has 1 aliphatic carbocycles. The molecule has 1 saturated carbocycles. The normalized spacial score (nSPS) is 17.4. The molecular weight excluding hydrogens is 288 g/mol. The topological polar surface area (TPSA) is 86.9 Å². The van der Waals surface area contributed by atoms with E-state index in [0.29, 0.717) is 18.5 Å². The Balaban J connectivity index is 2.11. The second-order valence-electron chi connectivity index (χ2n) is 6.44. The van der Waals surface area contributed by atoms with Gasteiger partial charge in [0.2, 0.25) is 0 Å². The van der Waals surface area contributed by atoms with Gasteiger partial charge in [0.15, 0.2) is 5.03 Å². The summed E-state index contributed by atoms with van der Waals surface area (Å²) < 4.78 is 27.7. The largest absolute Gasteiger partial charge is 0.310 e. The van der Waals surface area contributed by atoms with E-state index in [1.54, 1.807) is 0 Å². The number of aromatic nitrogens is 2. The third kappa shape index (κ3) is 4.52. The maximum atomic E-state index is 12.5. The van der Waals surface area contributed by atoms with Gasteiger partial charge in [0.1, 0.15) is 0 Å². The van der Waals surface area contributed by atoms with Gasteiger partial charge in [-0.25, -0.2) is 13.1 Å². The van der Waals surface area contributed by atoms with Gasteiger partial charge in [0, 0.05) is 29.9 Å². The van der Waals surface area contributed by atoms with Crippen molar-refractivity contribution in [3.8, 4) is 0 Å². The molecule has 1 aliphatic rings. The van der Waals surface area contributed by atoms with Crippen molar-refractivity contribution >= 4 is 10.0 Å². The van der Waals surface area contributed by atoms with Crippen LogP contribution >= 0.6 is 0 Å². The predicted octanol–water partition coefficient (Wildman–Crippen LogP) is 1.68. The van der Waals surface area contributed by atoms with E-state index in [-0.39, 0.29) is 11.1 Å². The number of H-pyrrole nitrogens is 1. The molecule has 0 radical (unpaired) electrons. The zero-order chi connectivity index (χ0) is 15.6. The lowest BCUT2D eigenvalue weighted by Gasteiger charge is -2.16. The maximum absolute atomic E-state index is 12.5. The Morgan fingerprint density at radius 1 is 1.33 bits per heavy atom. The van der Waals surface area contributed by atoms with Crippen molar-refractivity contribution in [2.75, 3.05) is 0 Å². The van der Waals surface area contributed by atoms with Crippen LogP contribution < -0.4 is 10.0 Å². The first-order valence-corrected chi connectivity index (χ1v) is 9.07. The van der Waals surface area contributed by atoms with Crippen LogP contribution in [0.5, 0.6) is 0 Å². The molecule has 0 bridgehead atoms. The van der Waals surface area contributed by atoms with Gasteiger partial charge < -0.3 is 5.32 Å². The molecule has 1 heterocycles. The first-order valence-electron chi connectivity index (χ1n) is 7.59. The molecule has 21 heavy (non-hydrogen) atoms. The molecule has 0 spiro atoms. The van der Waals surface area contributed by atoms with Gasteiger partial charge in [-0.2, -0.15) is 5.10 Å². The monoisotopic (exact) mass is 314 g/mol.